The maximum Gasteiger partial charge on any atom is 0.248 e. The van der Waals surface area contributed by atoms with Crippen molar-refractivity contribution in [1.29, 1.82) is 0 Å². The van der Waals surface area contributed by atoms with Crippen LogP contribution in [0.2, 0.25) is 10.0 Å². The van der Waals surface area contributed by atoms with E-state index in [2.05, 4.69) is 5.32 Å². The van der Waals surface area contributed by atoms with E-state index in [1.807, 2.05) is 0 Å². The number of hydrogen-bond acceptors (Lipinski definition) is 2. The molecular weight excluding hydrogens is 309 g/mol. The molecule has 21 heavy (non-hydrogen) atoms. The number of aliphatic hydroxyl groups excluding tert-OH is 1. The molecule has 0 saturated heterocycles. The predicted molar refractivity (Wildman–Crippen MR) is 86.5 cm³/mol. The normalized spacial score (nSPS) is 10.8. The van der Waals surface area contributed by atoms with Gasteiger partial charge in [0, 0.05) is 11.8 Å². The van der Waals surface area contributed by atoms with Crippen molar-refractivity contribution in [3.8, 4) is 0 Å². The quantitative estimate of drug-likeness (QED) is 0.831. The van der Waals surface area contributed by atoms with Gasteiger partial charge in [-0.25, -0.2) is 0 Å². The zero-order valence-electron chi connectivity index (χ0n) is 11.0. The second kappa shape index (κ2) is 7.27. The molecule has 2 aromatic carbocycles. The summed E-state index contributed by atoms with van der Waals surface area (Å²) in [6, 6.07) is 12.1. The average Bonchev–Trinajstić information content (AvgIpc) is 2.49. The molecule has 2 N–H and O–H groups in total. The first-order valence-corrected chi connectivity index (χ1v) is 6.98. The second-order valence-electron chi connectivity index (χ2n) is 4.35. The predicted octanol–water partition coefficient (Wildman–Crippen LogP) is 4.14. The highest BCUT2D eigenvalue weighted by atomic mass is 35.5. The van der Waals surface area contributed by atoms with Gasteiger partial charge in [-0.1, -0.05) is 41.4 Å². The lowest BCUT2D eigenvalue weighted by atomic mass is 10.2. The fourth-order valence-corrected chi connectivity index (χ4v) is 1.97. The summed E-state index contributed by atoms with van der Waals surface area (Å²) in [6.45, 7) is -0.0224. The lowest BCUT2D eigenvalue weighted by molar-refractivity contribution is -0.111. The third kappa shape index (κ3) is 4.60. The van der Waals surface area contributed by atoms with E-state index < -0.39 is 0 Å². The lowest BCUT2D eigenvalue weighted by Crippen LogP contribution is -2.07. The molecule has 1 amide bonds. The molecule has 0 aliphatic carbocycles. The van der Waals surface area contributed by atoms with Crippen LogP contribution in [0.25, 0.3) is 6.08 Å². The second-order valence-corrected chi connectivity index (χ2v) is 5.17. The highest BCUT2D eigenvalue weighted by Gasteiger charge is 2.00. The molecule has 0 bridgehead atoms. The number of aliphatic hydroxyl groups is 1. The monoisotopic (exact) mass is 321 g/mol. The van der Waals surface area contributed by atoms with Crippen molar-refractivity contribution in [2.45, 2.75) is 6.61 Å². The fourth-order valence-electron chi connectivity index (χ4n) is 1.67. The Kier molecular flexibility index (Phi) is 5.39. The number of benzene rings is 2. The zero-order chi connectivity index (χ0) is 15.2. The largest absolute Gasteiger partial charge is 0.392 e. The van der Waals surface area contributed by atoms with Crippen molar-refractivity contribution in [2.75, 3.05) is 5.32 Å². The van der Waals surface area contributed by atoms with Crippen LogP contribution < -0.4 is 5.32 Å². The number of carbonyl (C=O) groups excluding carboxylic acids is 1. The van der Waals surface area contributed by atoms with Crippen molar-refractivity contribution >= 4 is 40.9 Å². The number of rotatable bonds is 4. The summed E-state index contributed by atoms with van der Waals surface area (Å²) in [5.74, 6) is -0.252. The van der Waals surface area contributed by atoms with Crippen LogP contribution in [-0.2, 0) is 11.4 Å². The van der Waals surface area contributed by atoms with E-state index >= 15 is 0 Å². The Balaban J connectivity index is 1.99. The van der Waals surface area contributed by atoms with E-state index in [-0.39, 0.29) is 12.5 Å². The van der Waals surface area contributed by atoms with E-state index in [4.69, 9.17) is 28.3 Å². The van der Waals surface area contributed by atoms with Crippen LogP contribution in [0.1, 0.15) is 11.1 Å². The molecule has 0 heterocycles. The number of carbonyl (C=O) groups is 1. The maximum absolute atomic E-state index is 11.8. The summed E-state index contributed by atoms with van der Waals surface area (Å²) >= 11 is 11.7. The summed E-state index contributed by atoms with van der Waals surface area (Å²) in [7, 11) is 0. The molecule has 5 heteroatoms. The standard InChI is InChI=1S/C16H13Cl2NO2/c17-14-7-3-11(9-15(14)18)4-8-16(21)19-13-5-1-12(10-20)2-6-13/h1-9,20H,10H2,(H,19,21). The first kappa shape index (κ1) is 15.6. The first-order chi connectivity index (χ1) is 10.1. The highest BCUT2D eigenvalue weighted by molar-refractivity contribution is 6.42. The summed E-state index contributed by atoms with van der Waals surface area (Å²) in [5.41, 5.74) is 2.24. The van der Waals surface area contributed by atoms with Crippen LogP contribution in [0.4, 0.5) is 5.69 Å². The van der Waals surface area contributed by atoms with Crippen LogP contribution in [0, 0.1) is 0 Å². The summed E-state index contributed by atoms with van der Waals surface area (Å²) < 4.78 is 0. The molecule has 0 fully saturated rings. The van der Waals surface area contributed by atoms with E-state index in [0.717, 1.165) is 11.1 Å². The number of amides is 1. The van der Waals surface area contributed by atoms with E-state index in [0.29, 0.717) is 15.7 Å². The number of anilines is 1. The molecule has 3 nitrogen and oxygen atoms in total. The zero-order valence-corrected chi connectivity index (χ0v) is 12.5. The Hall–Kier alpha value is -1.81. The van der Waals surface area contributed by atoms with Crippen LogP contribution in [-0.4, -0.2) is 11.0 Å². The molecule has 108 valence electrons. The molecule has 0 atom stereocenters. The number of halogens is 2. The van der Waals surface area contributed by atoms with Gasteiger partial charge in [0.15, 0.2) is 0 Å². The smallest absolute Gasteiger partial charge is 0.248 e. The fraction of sp³-hybridized carbons (Fsp3) is 0.0625. The van der Waals surface area contributed by atoms with Gasteiger partial charge in [0.05, 0.1) is 16.7 Å². The van der Waals surface area contributed by atoms with Gasteiger partial charge in [-0.05, 0) is 41.5 Å². The van der Waals surface area contributed by atoms with E-state index in [1.165, 1.54) is 6.08 Å². The van der Waals surface area contributed by atoms with Gasteiger partial charge in [-0.2, -0.15) is 0 Å². The molecule has 0 aromatic heterocycles. The first-order valence-electron chi connectivity index (χ1n) is 6.22. The van der Waals surface area contributed by atoms with Crippen molar-refractivity contribution < 1.29 is 9.90 Å². The topological polar surface area (TPSA) is 49.3 Å². The third-order valence-electron chi connectivity index (χ3n) is 2.77. The van der Waals surface area contributed by atoms with Crippen LogP contribution in [0.3, 0.4) is 0 Å². The SMILES string of the molecule is O=C(C=Cc1ccc(Cl)c(Cl)c1)Nc1ccc(CO)cc1. The van der Waals surface area contributed by atoms with Crippen LogP contribution in [0.5, 0.6) is 0 Å². The Labute approximate surface area is 132 Å². The minimum atomic E-state index is -0.252. The Morgan fingerprint density at radius 3 is 2.43 bits per heavy atom. The Morgan fingerprint density at radius 1 is 1.10 bits per heavy atom. The average molecular weight is 322 g/mol. The minimum absolute atomic E-state index is 0.0224. The maximum atomic E-state index is 11.8. The van der Waals surface area contributed by atoms with Gasteiger partial charge < -0.3 is 10.4 Å². The minimum Gasteiger partial charge on any atom is -0.392 e. The van der Waals surface area contributed by atoms with Crippen molar-refractivity contribution in [2.24, 2.45) is 0 Å². The Morgan fingerprint density at radius 2 is 1.81 bits per heavy atom. The number of hydrogen-bond donors (Lipinski definition) is 2. The Bertz CT molecular complexity index is 666. The lowest BCUT2D eigenvalue weighted by Gasteiger charge is -2.03. The van der Waals surface area contributed by atoms with Crippen molar-refractivity contribution in [1.82, 2.24) is 0 Å². The molecular formula is C16H13Cl2NO2. The highest BCUT2D eigenvalue weighted by Crippen LogP contribution is 2.23. The van der Waals surface area contributed by atoms with E-state index in [9.17, 15) is 4.79 Å². The van der Waals surface area contributed by atoms with Crippen molar-refractivity contribution in [3.63, 3.8) is 0 Å². The third-order valence-corrected chi connectivity index (χ3v) is 3.51. The molecule has 2 rings (SSSR count). The summed E-state index contributed by atoms with van der Waals surface area (Å²) in [5, 5.41) is 12.6. The van der Waals surface area contributed by atoms with Gasteiger partial charge in [0.1, 0.15) is 0 Å². The molecule has 0 spiro atoms. The van der Waals surface area contributed by atoms with Crippen molar-refractivity contribution in [3.05, 3.63) is 69.7 Å². The van der Waals surface area contributed by atoms with Gasteiger partial charge in [-0.3, -0.25) is 4.79 Å². The van der Waals surface area contributed by atoms with Gasteiger partial charge in [0.2, 0.25) is 5.91 Å². The molecule has 0 aliphatic heterocycles. The van der Waals surface area contributed by atoms with Gasteiger partial charge in [-0.15, -0.1) is 0 Å². The van der Waals surface area contributed by atoms with Crippen LogP contribution >= 0.6 is 23.2 Å². The number of nitrogens with one attached hydrogen (secondary N) is 1. The molecule has 0 saturated carbocycles. The summed E-state index contributed by atoms with van der Waals surface area (Å²) in [6.07, 6.45) is 3.07. The molecule has 2 aromatic rings. The molecule has 0 aliphatic rings. The van der Waals surface area contributed by atoms with Crippen LogP contribution in [0.15, 0.2) is 48.5 Å². The van der Waals surface area contributed by atoms with Gasteiger partial charge >= 0.3 is 0 Å². The van der Waals surface area contributed by atoms with Gasteiger partial charge in [0.25, 0.3) is 0 Å². The van der Waals surface area contributed by atoms with E-state index in [1.54, 1.807) is 48.5 Å². The summed E-state index contributed by atoms with van der Waals surface area (Å²) in [4.78, 5) is 11.8. The molecule has 0 radical (unpaired) electrons. The molecule has 0 unspecified atom stereocenters.